The van der Waals surface area contributed by atoms with E-state index in [1.807, 2.05) is 62.6 Å². The quantitative estimate of drug-likeness (QED) is 0.159. The molecular formula is C48H56BrN11O4S. The molecule has 15 nitrogen and oxygen atoms in total. The third-order valence-corrected chi connectivity index (χ3v) is 13.0. The lowest BCUT2D eigenvalue weighted by Gasteiger charge is -2.45. The average Bonchev–Trinajstić information content (AvgIpc) is 3.86. The van der Waals surface area contributed by atoms with Crippen LogP contribution in [-0.4, -0.2) is 105 Å². The van der Waals surface area contributed by atoms with Crippen LogP contribution in [0.4, 0.5) is 16.2 Å². The Morgan fingerprint density at radius 2 is 1.17 bits per heavy atom. The van der Waals surface area contributed by atoms with Gasteiger partial charge in [-0.1, -0.05) is 48.5 Å². The maximum atomic E-state index is 12.5. The van der Waals surface area contributed by atoms with Gasteiger partial charge in [0.05, 0.1) is 22.6 Å². The predicted octanol–water partition coefficient (Wildman–Crippen LogP) is 8.03. The summed E-state index contributed by atoms with van der Waals surface area (Å²) in [6.07, 6.45) is 11.0. The SMILES string of the molecule is C[C@@H]1CN(C(=O)OC(C)(C)C)C[C@H](C)N1c1ccc(-c2cnc3c(Br)cnn3c2)cc1.C[C@@H]1CNC[C@H](C)N1c1ccc(-c2cnc3c(-c4ccc(CS(N)(=O)=O)cc4)cnn3c2)cc1. The third-order valence-electron chi connectivity index (χ3n) is 11.7. The molecule has 2 saturated heterocycles. The highest BCUT2D eigenvalue weighted by atomic mass is 79.9. The molecule has 65 heavy (non-hydrogen) atoms. The molecule has 9 rings (SSSR count). The summed E-state index contributed by atoms with van der Waals surface area (Å²) in [6, 6.07) is 25.6. The molecule has 0 unspecified atom stereocenters. The summed E-state index contributed by atoms with van der Waals surface area (Å²) in [5.41, 5.74) is 10.0. The lowest BCUT2D eigenvalue weighted by molar-refractivity contribution is 0.0193. The number of rotatable bonds is 7. The van der Waals surface area contributed by atoms with Crippen molar-refractivity contribution in [2.45, 2.75) is 84.0 Å². The number of primary sulfonamides is 1. The van der Waals surface area contributed by atoms with E-state index >= 15 is 0 Å². The number of hydrogen-bond donors (Lipinski definition) is 2. The fourth-order valence-electron chi connectivity index (χ4n) is 8.84. The molecule has 2 aliphatic rings. The van der Waals surface area contributed by atoms with Crippen molar-refractivity contribution in [1.82, 2.24) is 39.4 Å². The molecule has 0 aliphatic carbocycles. The zero-order valence-corrected chi connectivity index (χ0v) is 40.2. The number of carbonyl (C=O) groups excluding carboxylic acids is 1. The average molecular weight is 963 g/mol. The van der Waals surface area contributed by atoms with Crippen LogP contribution in [0, 0.1) is 0 Å². The molecule has 4 atom stereocenters. The van der Waals surface area contributed by atoms with Gasteiger partial charge in [0.15, 0.2) is 11.3 Å². The van der Waals surface area contributed by atoms with E-state index in [0.29, 0.717) is 30.7 Å². The van der Waals surface area contributed by atoms with Crippen molar-refractivity contribution < 1.29 is 17.9 Å². The van der Waals surface area contributed by atoms with Gasteiger partial charge in [0.25, 0.3) is 0 Å². The molecule has 0 bridgehead atoms. The van der Waals surface area contributed by atoms with Crippen LogP contribution in [0.15, 0.2) is 114 Å². The van der Waals surface area contributed by atoms with E-state index in [-0.39, 0.29) is 23.9 Å². The molecule has 3 aromatic carbocycles. The van der Waals surface area contributed by atoms with E-state index in [1.54, 1.807) is 33.6 Å². The van der Waals surface area contributed by atoms with E-state index < -0.39 is 15.6 Å². The monoisotopic (exact) mass is 961 g/mol. The first-order chi connectivity index (χ1) is 30.9. The minimum atomic E-state index is -3.56. The summed E-state index contributed by atoms with van der Waals surface area (Å²) in [4.78, 5) is 28.3. The van der Waals surface area contributed by atoms with Crippen LogP contribution in [0.3, 0.4) is 0 Å². The van der Waals surface area contributed by atoms with Gasteiger partial charge in [0.2, 0.25) is 10.0 Å². The summed E-state index contributed by atoms with van der Waals surface area (Å²) in [5, 5.41) is 17.4. The van der Waals surface area contributed by atoms with Crippen molar-refractivity contribution in [1.29, 1.82) is 0 Å². The maximum absolute atomic E-state index is 12.5. The number of amides is 1. The molecule has 17 heteroatoms. The Kier molecular flexibility index (Phi) is 13.0. The Morgan fingerprint density at radius 1 is 0.692 bits per heavy atom. The van der Waals surface area contributed by atoms with Crippen LogP contribution in [0.25, 0.3) is 44.7 Å². The van der Waals surface area contributed by atoms with Gasteiger partial charge >= 0.3 is 6.09 Å². The first-order valence-corrected chi connectivity index (χ1v) is 24.3. The number of aromatic nitrogens is 6. The fraction of sp³-hybridized carbons (Fsp3) is 0.354. The number of anilines is 2. The van der Waals surface area contributed by atoms with Crippen molar-refractivity contribution >= 4 is 54.7 Å². The van der Waals surface area contributed by atoms with Crippen LogP contribution in [0.1, 0.15) is 54.0 Å². The van der Waals surface area contributed by atoms with Crippen molar-refractivity contribution in [2.75, 3.05) is 36.0 Å². The van der Waals surface area contributed by atoms with E-state index in [1.165, 1.54) is 5.69 Å². The largest absolute Gasteiger partial charge is 0.444 e. The van der Waals surface area contributed by atoms with Crippen molar-refractivity contribution in [3.63, 3.8) is 0 Å². The molecule has 4 aromatic heterocycles. The number of piperazine rings is 2. The van der Waals surface area contributed by atoms with Crippen molar-refractivity contribution in [3.8, 4) is 33.4 Å². The Balaban J connectivity index is 0.000000178. The Hall–Kier alpha value is -5.88. The number of hydrogen-bond acceptors (Lipinski definition) is 11. The van der Waals surface area contributed by atoms with Gasteiger partial charge in [0, 0.05) is 103 Å². The van der Waals surface area contributed by atoms with E-state index in [2.05, 4.69) is 127 Å². The number of nitrogens with zero attached hydrogens (tertiary/aromatic N) is 9. The molecule has 6 heterocycles. The van der Waals surface area contributed by atoms with Crippen molar-refractivity contribution in [3.05, 3.63) is 120 Å². The molecule has 340 valence electrons. The second-order valence-corrected chi connectivity index (χ2v) is 20.6. The van der Waals surface area contributed by atoms with E-state index in [0.717, 1.165) is 67.9 Å². The lowest BCUT2D eigenvalue weighted by Crippen LogP contribution is -2.58. The Morgan fingerprint density at radius 3 is 1.69 bits per heavy atom. The van der Waals surface area contributed by atoms with Gasteiger partial charge in [-0.2, -0.15) is 10.2 Å². The molecular weight excluding hydrogens is 907 g/mol. The topological polar surface area (TPSA) is 169 Å². The maximum Gasteiger partial charge on any atom is 0.410 e. The van der Waals surface area contributed by atoms with E-state index in [4.69, 9.17) is 9.88 Å². The molecule has 1 amide bonds. The lowest BCUT2D eigenvalue weighted by atomic mass is 10.0. The second-order valence-electron chi connectivity index (χ2n) is 18.1. The summed E-state index contributed by atoms with van der Waals surface area (Å²) < 4.78 is 32.6. The summed E-state index contributed by atoms with van der Waals surface area (Å²) in [7, 11) is -3.56. The number of carbonyl (C=O) groups is 1. The van der Waals surface area contributed by atoms with Crippen LogP contribution < -0.4 is 20.3 Å². The standard InChI is InChI=1S/C25H28N6O2S.C23H28BrN5O2/c1-17-11-27-12-18(2)31(17)23-9-7-20(8-10-23)22-13-28-25-24(14-29-30(25)15-22)21-5-3-19(4-6-21)16-34(26,32)33;1-15-12-27(22(30)31-23(3,4)5)13-16(2)29(15)19-8-6-17(7-9-19)18-10-25-21-20(24)11-26-28(21)14-18/h3-10,13-15,17-18,27H,11-12,16H2,1-2H3,(H2,26,32,33);6-11,14-16H,12-13H2,1-5H3/t17-,18+;15-,16+. The molecule has 0 radical (unpaired) electrons. The normalized spacial score (nSPS) is 19.3. The first-order valence-electron chi connectivity index (χ1n) is 21.8. The van der Waals surface area contributed by atoms with Gasteiger partial charge in [-0.15, -0.1) is 0 Å². The number of nitrogens with one attached hydrogen (secondary N) is 1. The predicted molar refractivity (Wildman–Crippen MR) is 260 cm³/mol. The highest BCUT2D eigenvalue weighted by molar-refractivity contribution is 9.10. The molecule has 7 aromatic rings. The smallest absolute Gasteiger partial charge is 0.410 e. The Labute approximate surface area is 388 Å². The molecule has 3 N–H and O–H groups in total. The minimum absolute atomic E-state index is 0.182. The number of ether oxygens (including phenoxy) is 1. The van der Waals surface area contributed by atoms with Crippen LogP contribution in [0.5, 0.6) is 0 Å². The third kappa shape index (κ3) is 10.5. The highest BCUT2D eigenvalue weighted by Crippen LogP contribution is 2.31. The van der Waals surface area contributed by atoms with Crippen molar-refractivity contribution in [2.24, 2.45) is 5.14 Å². The number of benzene rings is 3. The zero-order chi connectivity index (χ0) is 46.2. The minimum Gasteiger partial charge on any atom is -0.444 e. The Bertz CT molecular complexity index is 2880. The number of nitrogens with two attached hydrogens (primary N) is 1. The van der Waals surface area contributed by atoms with Gasteiger partial charge in [0.1, 0.15) is 5.60 Å². The summed E-state index contributed by atoms with van der Waals surface area (Å²) in [6.45, 7) is 17.7. The van der Waals surface area contributed by atoms with Gasteiger partial charge < -0.3 is 24.8 Å². The molecule has 0 spiro atoms. The van der Waals surface area contributed by atoms with Crippen LogP contribution >= 0.6 is 15.9 Å². The first kappa shape index (κ1) is 45.7. The number of sulfonamides is 1. The van der Waals surface area contributed by atoms with Crippen LogP contribution in [0.2, 0.25) is 0 Å². The molecule has 2 aliphatic heterocycles. The van der Waals surface area contributed by atoms with Gasteiger partial charge in [-0.25, -0.2) is 37.4 Å². The van der Waals surface area contributed by atoms with Crippen LogP contribution in [-0.2, 0) is 20.5 Å². The fourth-order valence-corrected chi connectivity index (χ4v) is 9.87. The van der Waals surface area contributed by atoms with Gasteiger partial charge in [-0.05, 0) is 111 Å². The number of fused-ring (bicyclic) bond motifs is 2. The second kappa shape index (κ2) is 18.5. The zero-order valence-electron chi connectivity index (χ0n) is 37.8. The molecule has 0 saturated carbocycles. The summed E-state index contributed by atoms with van der Waals surface area (Å²) >= 11 is 3.46. The van der Waals surface area contributed by atoms with Gasteiger partial charge in [-0.3, -0.25) is 0 Å². The number of halogens is 1. The highest BCUT2D eigenvalue weighted by Gasteiger charge is 2.34. The van der Waals surface area contributed by atoms with E-state index in [9.17, 15) is 13.2 Å². The summed E-state index contributed by atoms with van der Waals surface area (Å²) in [5.74, 6) is -0.186. The molecule has 2 fully saturated rings.